The number of carbonyl (C=O) groups is 8. The molecule has 584 valence electrons. The molecular formula is C69H120N4O28. The van der Waals surface area contributed by atoms with E-state index in [1.165, 1.54) is 13.8 Å². The first-order valence-corrected chi connectivity index (χ1v) is 36.4. The van der Waals surface area contributed by atoms with Crippen LogP contribution in [0.15, 0.2) is 0 Å². The molecule has 20 unspecified atom stereocenters. The van der Waals surface area contributed by atoms with E-state index in [0.717, 1.165) is 129 Å². The molecule has 32 heteroatoms. The minimum atomic E-state index is -1.82. The van der Waals surface area contributed by atoms with Crippen LogP contribution in [0.4, 0.5) is 0 Å². The molecule has 0 bridgehead atoms. The zero-order chi connectivity index (χ0) is 74.6. The van der Waals surface area contributed by atoms with Gasteiger partial charge in [0.25, 0.3) is 0 Å². The van der Waals surface area contributed by atoms with Gasteiger partial charge in [0, 0.05) is 84.1 Å². The first kappa shape index (κ1) is 88.8. The van der Waals surface area contributed by atoms with Gasteiger partial charge >= 0.3 is 11.9 Å². The number of hydrogen-bond donors (Lipinski definition) is 14. The number of aliphatic carboxylic acids is 2. The SMILES string of the molecule is CC(=O)NC1C(OC2C(C(=O)O)OC(OCCCCCCCC(=O)CCCCCCCNC(=O)CCOCC(C)(C)COCCC(=O)NCCCCCCCC(=O)CCCCCCCOC3OC(C(=O)O)C(OC4OC(C)C(O)C(O)C4NC(C)=O)C(O)C3O)C(O)C2O)OC(C)C(O)C1O. The highest BCUT2D eigenvalue weighted by atomic mass is 16.8. The third-order valence-electron chi connectivity index (χ3n) is 18.2. The van der Waals surface area contributed by atoms with Crippen LogP contribution in [0.3, 0.4) is 0 Å². The smallest absolute Gasteiger partial charge is 0.335 e. The molecule has 101 heavy (non-hydrogen) atoms. The summed E-state index contributed by atoms with van der Waals surface area (Å²) >= 11 is 0. The summed E-state index contributed by atoms with van der Waals surface area (Å²) in [5, 5.41) is 115. The van der Waals surface area contributed by atoms with Crippen molar-refractivity contribution in [3.8, 4) is 0 Å². The lowest BCUT2D eigenvalue weighted by molar-refractivity contribution is -0.338. The zero-order valence-corrected chi connectivity index (χ0v) is 59.9. The minimum Gasteiger partial charge on any atom is -0.479 e. The Bertz CT molecular complexity index is 2290. The van der Waals surface area contributed by atoms with Crippen LogP contribution in [0, 0.1) is 5.41 Å². The zero-order valence-electron chi connectivity index (χ0n) is 59.9. The molecule has 0 aliphatic carbocycles. The topological polar surface area (TPSA) is 479 Å². The number of nitrogens with one attached hydrogen (secondary N) is 4. The molecule has 0 aromatic carbocycles. The molecule has 0 aromatic rings. The van der Waals surface area contributed by atoms with Gasteiger partial charge in [-0.05, 0) is 65.2 Å². The molecule has 0 radical (unpaired) electrons. The van der Waals surface area contributed by atoms with Crippen molar-refractivity contribution >= 4 is 47.1 Å². The second-order valence-corrected chi connectivity index (χ2v) is 27.9. The number of Topliss-reactive ketones (excluding diaryl/α,β-unsaturated/α-hetero) is 2. The maximum absolute atomic E-state index is 12.5. The number of hydrogen-bond acceptors (Lipinski definition) is 26. The molecule has 0 saturated carbocycles. The summed E-state index contributed by atoms with van der Waals surface area (Å²) in [4.78, 5) is 97.6. The van der Waals surface area contributed by atoms with Gasteiger partial charge in [0.15, 0.2) is 37.4 Å². The molecule has 0 spiro atoms. The minimum absolute atomic E-state index is 0.0844. The van der Waals surface area contributed by atoms with Crippen LogP contribution in [0.1, 0.15) is 208 Å². The van der Waals surface area contributed by atoms with Crippen molar-refractivity contribution in [3.63, 3.8) is 0 Å². The number of ketones is 2. The van der Waals surface area contributed by atoms with E-state index in [1.807, 2.05) is 13.8 Å². The van der Waals surface area contributed by atoms with Crippen LogP contribution in [0.2, 0.25) is 0 Å². The average Bonchev–Trinajstić information content (AvgIpc) is 0.788. The summed E-state index contributed by atoms with van der Waals surface area (Å²) in [5.74, 6) is -3.97. The number of aliphatic hydroxyl groups excluding tert-OH is 8. The van der Waals surface area contributed by atoms with Crippen LogP contribution >= 0.6 is 0 Å². The highest BCUT2D eigenvalue weighted by molar-refractivity contribution is 5.79. The molecule has 4 amide bonds. The van der Waals surface area contributed by atoms with Gasteiger partial charge < -0.3 is 120 Å². The van der Waals surface area contributed by atoms with E-state index in [-0.39, 0.29) is 68.1 Å². The Balaban J connectivity index is 0.878. The standard InChI is InChI=1S/C69H120N4O28/c1-41-51(80)53(82)49(72-43(3)74)65(96-41)98-59-55(84)57(86)67(100-61(59)63(88)89)94-35-25-17-9-13-21-29-45(76)27-19-11-7-15-23-33-70-47(78)31-37-92-39-69(5,6)40-93-38-32-48(79)71-34-24-16-8-12-20-28-46(77)30-22-14-10-18-26-36-95-68-58(87)56(85)60(62(101-68)64(90)91)99-66-50(73-44(4)75)54(83)52(81)42(2)97-66/h41-42,49-62,65-68,80-87H,7-40H2,1-6H3,(H,70,78)(H,71,79)(H,72,74)(H,73,75)(H,88,89)(H,90,91). The number of carbonyl (C=O) groups excluding carboxylic acids is 6. The lowest BCUT2D eigenvalue weighted by Gasteiger charge is -2.46. The highest BCUT2D eigenvalue weighted by Crippen LogP contribution is 2.33. The van der Waals surface area contributed by atoms with Crippen LogP contribution in [-0.4, -0.2) is 274 Å². The van der Waals surface area contributed by atoms with Gasteiger partial charge in [0.2, 0.25) is 23.6 Å². The van der Waals surface area contributed by atoms with Crippen LogP contribution in [0.25, 0.3) is 0 Å². The first-order chi connectivity index (χ1) is 48.0. The van der Waals surface area contributed by atoms with Gasteiger partial charge in [-0.25, -0.2) is 9.59 Å². The maximum atomic E-state index is 12.5. The fraction of sp³-hybridized carbons (Fsp3) is 0.884. The summed E-state index contributed by atoms with van der Waals surface area (Å²) in [6, 6.07) is -2.65. The molecular weight excluding hydrogens is 1330 g/mol. The molecule has 4 heterocycles. The van der Waals surface area contributed by atoms with Crippen molar-refractivity contribution < 1.29 is 137 Å². The van der Waals surface area contributed by atoms with Crippen LogP contribution < -0.4 is 21.3 Å². The summed E-state index contributed by atoms with van der Waals surface area (Å²) in [5.41, 5.74) is -0.319. The largest absolute Gasteiger partial charge is 0.479 e. The maximum Gasteiger partial charge on any atom is 0.335 e. The normalized spacial score (nSPS) is 29.9. The molecule has 4 aliphatic heterocycles. The number of aliphatic hydroxyl groups is 8. The predicted molar refractivity (Wildman–Crippen MR) is 358 cm³/mol. The number of carboxylic acids is 2. The number of carboxylic acid groups (broad SMARTS) is 2. The number of rotatable bonds is 52. The van der Waals surface area contributed by atoms with Crippen molar-refractivity contribution in [2.75, 3.05) is 52.7 Å². The van der Waals surface area contributed by atoms with Gasteiger partial charge in [-0.3, -0.25) is 28.8 Å². The summed E-state index contributed by atoms with van der Waals surface area (Å²) in [6.07, 6.45) is -9.13. The lowest BCUT2D eigenvalue weighted by atomic mass is 9.95. The van der Waals surface area contributed by atoms with Gasteiger partial charge in [0.05, 0.1) is 38.6 Å². The first-order valence-electron chi connectivity index (χ1n) is 36.4. The fourth-order valence-corrected chi connectivity index (χ4v) is 12.2. The Hall–Kier alpha value is -4.56. The molecule has 4 fully saturated rings. The molecule has 14 N–H and O–H groups in total. The van der Waals surface area contributed by atoms with Crippen LogP contribution in [-0.2, 0) is 85.7 Å². The predicted octanol–water partition coefficient (Wildman–Crippen LogP) is 1.37. The quantitative estimate of drug-likeness (QED) is 0.0382. The van der Waals surface area contributed by atoms with Gasteiger partial charge in [0.1, 0.15) is 84.7 Å². The molecule has 0 aromatic heterocycles. The third kappa shape index (κ3) is 32.8. The van der Waals surface area contributed by atoms with Crippen molar-refractivity contribution in [2.24, 2.45) is 5.41 Å². The molecule has 4 aliphatic rings. The van der Waals surface area contributed by atoms with E-state index in [9.17, 15) is 89.4 Å². The number of ether oxygens (including phenoxy) is 10. The lowest BCUT2D eigenvalue weighted by Crippen LogP contribution is -2.67. The van der Waals surface area contributed by atoms with Crippen molar-refractivity contribution in [1.29, 1.82) is 0 Å². The van der Waals surface area contributed by atoms with Gasteiger partial charge in [-0.15, -0.1) is 0 Å². The van der Waals surface area contributed by atoms with Gasteiger partial charge in [-0.1, -0.05) is 90.9 Å². The second kappa shape index (κ2) is 47.8. The van der Waals surface area contributed by atoms with E-state index in [1.54, 1.807) is 0 Å². The Morgan fingerprint density at radius 1 is 0.376 bits per heavy atom. The average molecular weight is 1450 g/mol. The second-order valence-electron chi connectivity index (χ2n) is 27.9. The van der Waals surface area contributed by atoms with E-state index >= 15 is 0 Å². The van der Waals surface area contributed by atoms with E-state index < -0.39 is 146 Å². The molecule has 4 saturated heterocycles. The van der Waals surface area contributed by atoms with E-state index in [0.29, 0.717) is 64.8 Å². The highest BCUT2D eigenvalue weighted by Gasteiger charge is 2.55. The number of amides is 4. The molecule has 4 rings (SSSR count). The van der Waals surface area contributed by atoms with Crippen LogP contribution in [0.5, 0.6) is 0 Å². The third-order valence-corrected chi connectivity index (χ3v) is 18.2. The van der Waals surface area contributed by atoms with Gasteiger partial charge in [-0.2, -0.15) is 0 Å². The van der Waals surface area contributed by atoms with E-state index in [2.05, 4.69) is 21.3 Å². The summed E-state index contributed by atoms with van der Waals surface area (Å²) in [7, 11) is 0. The molecule has 20 atom stereocenters. The number of unbranched alkanes of at least 4 members (excludes halogenated alkanes) is 16. The summed E-state index contributed by atoms with van der Waals surface area (Å²) in [6.45, 7) is 11.8. The van der Waals surface area contributed by atoms with Crippen molar-refractivity contribution in [3.05, 3.63) is 0 Å². The Labute approximate surface area is 592 Å². The van der Waals surface area contributed by atoms with E-state index in [4.69, 9.17) is 47.4 Å². The molecule has 32 nitrogen and oxygen atoms in total. The monoisotopic (exact) mass is 1450 g/mol. The fourth-order valence-electron chi connectivity index (χ4n) is 12.2. The summed E-state index contributed by atoms with van der Waals surface area (Å²) < 4.78 is 56.4. The Kier molecular flexibility index (Phi) is 42.0. The Morgan fingerprint density at radius 2 is 0.693 bits per heavy atom. The Morgan fingerprint density at radius 3 is 1.02 bits per heavy atom. The van der Waals surface area contributed by atoms with Crippen molar-refractivity contribution in [2.45, 2.75) is 331 Å². The van der Waals surface area contributed by atoms with Crippen molar-refractivity contribution in [1.82, 2.24) is 21.3 Å².